The van der Waals surface area contributed by atoms with Gasteiger partial charge >= 0.3 is 6.03 Å². The number of pyridine rings is 1. The smallest absolute Gasteiger partial charge is 0.315 e. The molecule has 0 saturated carbocycles. The van der Waals surface area contributed by atoms with Crippen LogP contribution in [0.3, 0.4) is 0 Å². The zero-order valence-corrected chi connectivity index (χ0v) is 13.1. The lowest BCUT2D eigenvalue weighted by Gasteiger charge is -2.11. The Morgan fingerprint density at radius 2 is 2.33 bits per heavy atom. The van der Waals surface area contributed by atoms with Crippen LogP contribution in [0.4, 0.5) is 4.79 Å². The van der Waals surface area contributed by atoms with Crippen LogP contribution in [-0.2, 0) is 6.42 Å². The number of thiazole rings is 1. The molecule has 112 valence electrons. The molecule has 2 N–H and O–H groups in total. The highest BCUT2D eigenvalue weighted by Gasteiger charge is 2.07. The molecule has 0 fully saturated rings. The molecule has 6 heteroatoms. The van der Waals surface area contributed by atoms with E-state index in [1.165, 1.54) is 0 Å². The van der Waals surface area contributed by atoms with E-state index in [9.17, 15) is 4.79 Å². The molecule has 0 radical (unpaired) electrons. The van der Waals surface area contributed by atoms with Gasteiger partial charge in [-0.1, -0.05) is 6.92 Å². The third-order valence-corrected chi connectivity index (χ3v) is 4.06. The molecular weight excluding hydrogens is 284 g/mol. The van der Waals surface area contributed by atoms with Gasteiger partial charge in [0.05, 0.1) is 5.69 Å². The highest BCUT2D eigenvalue weighted by atomic mass is 32.1. The zero-order valence-electron chi connectivity index (χ0n) is 12.3. The average Bonchev–Trinajstić information content (AvgIpc) is 2.97. The van der Waals surface area contributed by atoms with Gasteiger partial charge in [-0.05, 0) is 25.5 Å². The number of aromatic nitrogens is 2. The van der Waals surface area contributed by atoms with Gasteiger partial charge in [-0.3, -0.25) is 4.98 Å². The van der Waals surface area contributed by atoms with Crippen molar-refractivity contribution in [2.75, 3.05) is 6.54 Å². The largest absolute Gasteiger partial charge is 0.338 e. The molecule has 21 heavy (non-hydrogen) atoms. The maximum absolute atomic E-state index is 11.6. The van der Waals surface area contributed by atoms with Crippen LogP contribution >= 0.6 is 11.3 Å². The predicted molar refractivity (Wildman–Crippen MR) is 85.3 cm³/mol. The van der Waals surface area contributed by atoms with E-state index < -0.39 is 0 Å². The summed E-state index contributed by atoms with van der Waals surface area (Å²) in [6.07, 6.45) is 5.21. The molecule has 1 unspecified atom stereocenters. The first kappa shape index (κ1) is 15.4. The van der Waals surface area contributed by atoms with E-state index in [0.29, 0.717) is 6.54 Å². The quantitative estimate of drug-likeness (QED) is 0.862. The Morgan fingerprint density at radius 3 is 3.05 bits per heavy atom. The number of nitrogens with one attached hydrogen (secondary N) is 2. The number of hydrogen-bond acceptors (Lipinski definition) is 4. The Kier molecular flexibility index (Phi) is 5.68. The van der Waals surface area contributed by atoms with Gasteiger partial charge < -0.3 is 10.6 Å². The van der Waals surface area contributed by atoms with Gasteiger partial charge in [0, 0.05) is 42.3 Å². The van der Waals surface area contributed by atoms with E-state index in [1.807, 2.05) is 31.4 Å². The fraction of sp³-hybridized carbons (Fsp3) is 0.400. The van der Waals surface area contributed by atoms with E-state index >= 15 is 0 Å². The number of rotatable bonds is 6. The molecule has 5 nitrogen and oxygen atoms in total. The summed E-state index contributed by atoms with van der Waals surface area (Å²) < 4.78 is 0. The number of carbonyl (C=O) groups excluding carboxylic acids is 1. The first-order chi connectivity index (χ1) is 10.2. The summed E-state index contributed by atoms with van der Waals surface area (Å²) in [5, 5.41) is 8.70. The molecule has 2 rings (SSSR count). The second-order valence-electron chi connectivity index (χ2n) is 4.85. The molecule has 0 aliphatic rings. The van der Waals surface area contributed by atoms with Crippen LogP contribution in [0, 0.1) is 0 Å². The Morgan fingerprint density at radius 1 is 1.48 bits per heavy atom. The van der Waals surface area contributed by atoms with Crippen LogP contribution in [0.5, 0.6) is 0 Å². The predicted octanol–water partition coefficient (Wildman–Crippen LogP) is 2.85. The van der Waals surface area contributed by atoms with Gasteiger partial charge in [-0.25, -0.2) is 9.78 Å². The summed E-state index contributed by atoms with van der Waals surface area (Å²) >= 11 is 1.60. The number of hydrogen-bond donors (Lipinski definition) is 2. The maximum Gasteiger partial charge on any atom is 0.315 e. The monoisotopic (exact) mass is 304 g/mol. The summed E-state index contributed by atoms with van der Waals surface area (Å²) in [6.45, 7) is 4.61. The second kappa shape index (κ2) is 7.73. The molecule has 0 aliphatic carbocycles. The lowest BCUT2D eigenvalue weighted by atomic mass is 10.3. The minimum absolute atomic E-state index is 0.118. The van der Waals surface area contributed by atoms with E-state index in [2.05, 4.69) is 20.6 Å². The number of nitrogens with zero attached hydrogens (tertiary/aromatic N) is 2. The second-order valence-corrected chi connectivity index (χ2v) is 5.70. The first-order valence-corrected chi connectivity index (χ1v) is 7.96. The van der Waals surface area contributed by atoms with Crippen molar-refractivity contribution < 1.29 is 4.79 Å². The number of carbonyl (C=O) groups is 1. The maximum atomic E-state index is 11.6. The lowest BCUT2D eigenvalue weighted by molar-refractivity contribution is 0.237. The topological polar surface area (TPSA) is 66.9 Å². The number of amides is 2. The van der Waals surface area contributed by atoms with Crippen molar-refractivity contribution in [2.45, 2.75) is 32.7 Å². The Labute approximate surface area is 128 Å². The highest BCUT2D eigenvalue weighted by molar-refractivity contribution is 7.13. The zero-order chi connectivity index (χ0) is 15.1. The van der Waals surface area contributed by atoms with Gasteiger partial charge in [0.1, 0.15) is 5.01 Å². The van der Waals surface area contributed by atoms with Crippen molar-refractivity contribution in [1.29, 1.82) is 0 Å². The fourth-order valence-electron chi connectivity index (χ4n) is 1.72. The van der Waals surface area contributed by atoms with Gasteiger partial charge in [0.2, 0.25) is 0 Å². The van der Waals surface area contributed by atoms with Crippen molar-refractivity contribution in [2.24, 2.45) is 0 Å². The molecule has 0 spiro atoms. The molecule has 2 aromatic heterocycles. The van der Waals surface area contributed by atoms with Crippen molar-refractivity contribution in [3.05, 3.63) is 35.6 Å². The normalized spacial score (nSPS) is 11.9. The third kappa shape index (κ3) is 4.82. The van der Waals surface area contributed by atoms with Crippen LogP contribution in [0.15, 0.2) is 29.9 Å². The van der Waals surface area contributed by atoms with Crippen molar-refractivity contribution in [3.63, 3.8) is 0 Å². The summed E-state index contributed by atoms with van der Waals surface area (Å²) in [4.78, 5) is 20.2. The molecule has 2 amide bonds. The minimum atomic E-state index is -0.118. The van der Waals surface area contributed by atoms with E-state index in [4.69, 9.17) is 0 Å². The molecule has 0 bridgehead atoms. The van der Waals surface area contributed by atoms with Crippen LogP contribution in [0.1, 0.15) is 26.0 Å². The van der Waals surface area contributed by atoms with Gasteiger partial charge in [-0.2, -0.15) is 0 Å². The van der Waals surface area contributed by atoms with Crippen LogP contribution in [0.25, 0.3) is 10.6 Å². The molecule has 1 atom stereocenters. The van der Waals surface area contributed by atoms with Gasteiger partial charge in [0.25, 0.3) is 0 Å². The number of urea groups is 1. The van der Waals surface area contributed by atoms with Gasteiger partial charge in [-0.15, -0.1) is 11.3 Å². The third-order valence-electron chi connectivity index (χ3n) is 3.12. The molecular formula is C15H20N4OS. The van der Waals surface area contributed by atoms with E-state index in [1.54, 1.807) is 23.7 Å². The average molecular weight is 304 g/mol. The summed E-state index contributed by atoms with van der Waals surface area (Å²) in [5.41, 5.74) is 2.01. The molecule has 2 aromatic rings. The van der Waals surface area contributed by atoms with Crippen LogP contribution in [-0.4, -0.2) is 28.6 Å². The molecule has 0 saturated heterocycles. The molecule has 2 heterocycles. The van der Waals surface area contributed by atoms with E-state index in [0.717, 1.165) is 29.1 Å². The summed E-state index contributed by atoms with van der Waals surface area (Å²) in [5.74, 6) is 0. The van der Waals surface area contributed by atoms with Crippen LogP contribution < -0.4 is 10.6 Å². The molecule has 0 aromatic carbocycles. The van der Waals surface area contributed by atoms with Crippen LogP contribution in [0.2, 0.25) is 0 Å². The van der Waals surface area contributed by atoms with Crippen molar-refractivity contribution in [3.8, 4) is 10.6 Å². The lowest BCUT2D eigenvalue weighted by Crippen LogP contribution is -2.41. The SMILES string of the molecule is CCC(C)NC(=O)NCCc1csc(-c2cccnc2)n1. The molecule has 0 aliphatic heterocycles. The Balaban J connectivity index is 1.80. The summed E-state index contributed by atoms with van der Waals surface area (Å²) in [6, 6.07) is 3.97. The Hall–Kier alpha value is -1.95. The Bertz CT molecular complexity index is 570. The standard InChI is InChI=1S/C15H20N4OS/c1-3-11(2)18-15(20)17-8-6-13-10-21-14(19-13)12-5-4-7-16-9-12/h4-5,7,9-11H,3,6,8H2,1-2H3,(H2,17,18,20). The van der Waals surface area contributed by atoms with E-state index in [-0.39, 0.29) is 12.1 Å². The highest BCUT2D eigenvalue weighted by Crippen LogP contribution is 2.22. The minimum Gasteiger partial charge on any atom is -0.338 e. The fourth-order valence-corrected chi connectivity index (χ4v) is 2.57. The van der Waals surface area contributed by atoms with Gasteiger partial charge in [0.15, 0.2) is 0 Å². The van der Waals surface area contributed by atoms with Crippen molar-refractivity contribution >= 4 is 17.4 Å². The summed E-state index contributed by atoms with van der Waals surface area (Å²) in [7, 11) is 0. The first-order valence-electron chi connectivity index (χ1n) is 7.08. The van der Waals surface area contributed by atoms with Crippen molar-refractivity contribution in [1.82, 2.24) is 20.6 Å².